The minimum absolute atomic E-state index is 0.160. The molecule has 112 valence electrons. The minimum atomic E-state index is -2.61. The highest BCUT2D eigenvalue weighted by atomic mass is 35.5. The highest BCUT2D eigenvalue weighted by molar-refractivity contribution is 8.09. The van der Waals surface area contributed by atoms with Crippen molar-refractivity contribution in [3.8, 4) is 5.88 Å². The first-order valence-electron chi connectivity index (χ1n) is 6.68. The molecule has 0 spiro atoms. The van der Waals surface area contributed by atoms with Gasteiger partial charge >= 0.3 is 6.64 Å². The van der Waals surface area contributed by atoms with Crippen molar-refractivity contribution in [2.24, 2.45) is 0 Å². The normalized spacial score (nSPS) is 18.1. The van der Waals surface area contributed by atoms with E-state index in [1.807, 2.05) is 20.8 Å². The Balaban J connectivity index is 2.19. The van der Waals surface area contributed by atoms with Crippen LogP contribution in [0.3, 0.4) is 0 Å². The molecule has 0 aromatic carbocycles. The van der Waals surface area contributed by atoms with Gasteiger partial charge in [0.05, 0.1) is 6.61 Å². The van der Waals surface area contributed by atoms with Gasteiger partial charge in [-0.15, -0.1) is 0 Å². The van der Waals surface area contributed by atoms with Crippen molar-refractivity contribution >= 4 is 30.1 Å². The summed E-state index contributed by atoms with van der Waals surface area (Å²) >= 11 is 11.5. The van der Waals surface area contributed by atoms with Crippen molar-refractivity contribution in [2.75, 3.05) is 6.61 Å². The van der Waals surface area contributed by atoms with Gasteiger partial charge in [-0.05, 0) is 45.4 Å². The molecule has 0 amide bonds. The van der Waals surface area contributed by atoms with E-state index in [0.29, 0.717) is 23.6 Å². The van der Waals surface area contributed by atoms with Crippen LogP contribution in [0.1, 0.15) is 45.4 Å². The summed E-state index contributed by atoms with van der Waals surface area (Å²) in [6.45, 7) is 3.73. The van der Waals surface area contributed by atoms with E-state index in [1.54, 1.807) is 6.07 Å². The predicted molar refractivity (Wildman–Crippen MR) is 83.8 cm³/mol. The quantitative estimate of drug-likeness (QED) is 0.606. The van der Waals surface area contributed by atoms with Crippen LogP contribution in [0, 0.1) is 0 Å². The van der Waals surface area contributed by atoms with E-state index in [1.165, 1.54) is 0 Å². The lowest BCUT2D eigenvalue weighted by Gasteiger charge is -2.24. The molecule has 1 aromatic heterocycles. The molecule has 8 heteroatoms. The number of nitrogens with one attached hydrogen (secondary N) is 1. The Labute approximate surface area is 129 Å². The van der Waals surface area contributed by atoms with E-state index in [0.717, 1.165) is 18.7 Å². The number of halogens is 1. The second kappa shape index (κ2) is 6.67. The summed E-state index contributed by atoms with van der Waals surface area (Å²) in [5.74, 6) is 1.52. The lowest BCUT2D eigenvalue weighted by atomic mass is 10.4. The van der Waals surface area contributed by atoms with Crippen molar-refractivity contribution < 1.29 is 9.05 Å². The maximum atomic E-state index is 6.02. The molecule has 1 N–H and O–H groups in total. The zero-order chi connectivity index (χ0) is 14.8. The van der Waals surface area contributed by atoms with Gasteiger partial charge in [0.1, 0.15) is 11.0 Å². The fourth-order valence-corrected chi connectivity index (χ4v) is 4.53. The van der Waals surface area contributed by atoms with E-state index in [9.17, 15) is 0 Å². The average molecular weight is 336 g/mol. The van der Waals surface area contributed by atoms with E-state index in [4.69, 9.17) is 32.5 Å². The van der Waals surface area contributed by atoms with Crippen LogP contribution >= 0.6 is 18.2 Å². The lowest BCUT2D eigenvalue weighted by Crippen LogP contribution is -2.23. The Kier molecular flexibility index (Phi) is 5.37. The minimum Gasteiger partial charge on any atom is -0.414 e. The molecule has 20 heavy (non-hydrogen) atoms. The molecule has 1 saturated carbocycles. The van der Waals surface area contributed by atoms with Crippen LogP contribution < -0.4 is 9.61 Å². The van der Waals surface area contributed by atoms with Crippen LogP contribution in [-0.2, 0) is 16.3 Å². The Morgan fingerprint density at radius 1 is 1.50 bits per heavy atom. The summed E-state index contributed by atoms with van der Waals surface area (Å²) in [5, 5.41) is 3.54. The maximum Gasteiger partial charge on any atom is 0.314 e. The standard InChI is InChI=1S/C12H19ClN3O2PS/c1-4-17-19(20,16-8(2)3)18-11-7-10(13)14-12(15-11)9-5-6-9/h7-9H,4-6H2,1-3H3,(H,16,20). The first-order valence-corrected chi connectivity index (χ1v) is 9.70. The fraction of sp³-hybridized carbons (Fsp3) is 0.667. The topological polar surface area (TPSA) is 56.3 Å². The largest absolute Gasteiger partial charge is 0.414 e. The van der Waals surface area contributed by atoms with Crippen molar-refractivity contribution in [3.05, 3.63) is 17.0 Å². The van der Waals surface area contributed by atoms with Crippen molar-refractivity contribution in [2.45, 2.75) is 45.6 Å². The van der Waals surface area contributed by atoms with Gasteiger partial charge < -0.3 is 9.05 Å². The Hall–Kier alpha value is -0.260. The maximum absolute atomic E-state index is 6.02. The third-order valence-electron chi connectivity index (χ3n) is 2.56. The van der Waals surface area contributed by atoms with Crippen molar-refractivity contribution in [3.63, 3.8) is 0 Å². The van der Waals surface area contributed by atoms with E-state index in [2.05, 4.69) is 15.1 Å². The van der Waals surface area contributed by atoms with Crippen LogP contribution in [0.25, 0.3) is 0 Å². The summed E-state index contributed by atoms with van der Waals surface area (Å²) in [4.78, 5) is 8.62. The molecule has 0 bridgehead atoms. The number of hydrogen-bond acceptors (Lipinski definition) is 5. The predicted octanol–water partition coefficient (Wildman–Crippen LogP) is 3.65. The van der Waals surface area contributed by atoms with Crippen molar-refractivity contribution in [1.82, 2.24) is 15.1 Å². The Morgan fingerprint density at radius 3 is 2.75 bits per heavy atom. The molecule has 2 rings (SSSR count). The number of hydrogen-bond donors (Lipinski definition) is 1. The molecule has 0 saturated heterocycles. The summed E-state index contributed by atoms with van der Waals surface area (Å²) in [7, 11) is 0. The van der Waals surface area contributed by atoms with Gasteiger partial charge in [-0.2, -0.15) is 4.98 Å². The SMILES string of the molecule is CCOP(=S)(NC(C)C)Oc1cc(Cl)nc(C2CC2)n1. The van der Waals surface area contributed by atoms with Crippen molar-refractivity contribution in [1.29, 1.82) is 0 Å². The molecule has 1 unspecified atom stereocenters. The molecular weight excluding hydrogens is 317 g/mol. The molecule has 0 radical (unpaired) electrons. The van der Waals surface area contributed by atoms with Gasteiger partial charge in [0.2, 0.25) is 5.88 Å². The fourth-order valence-electron chi connectivity index (χ4n) is 1.68. The molecule has 1 aliphatic carbocycles. The van der Waals surface area contributed by atoms with Gasteiger partial charge in [-0.1, -0.05) is 11.6 Å². The van der Waals surface area contributed by atoms with Gasteiger partial charge in [-0.25, -0.2) is 10.1 Å². The summed E-state index contributed by atoms with van der Waals surface area (Å²) < 4.78 is 11.4. The first-order chi connectivity index (χ1) is 9.42. The highest BCUT2D eigenvalue weighted by Gasteiger charge is 2.29. The van der Waals surface area contributed by atoms with E-state index < -0.39 is 6.64 Å². The highest BCUT2D eigenvalue weighted by Crippen LogP contribution is 2.46. The lowest BCUT2D eigenvalue weighted by molar-refractivity contribution is 0.316. The van der Waals surface area contributed by atoms with Gasteiger partial charge in [0.15, 0.2) is 0 Å². The van der Waals surface area contributed by atoms with Gasteiger partial charge in [0.25, 0.3) is 0 Å². The van der Waals surface area contributed by atoms with Crippen LogP contribution in [0.5, 0.6) is 5.88 Å². The van der Waals surface area contributed by atoms with E-state index >= 15 is 0 Å². The van der Waals surface area contributed by atoms with E-state index in [-0.39, 0.29) is 6.04 Å². The summed E-state index contributed by atoms with van der Waals surface area (Å²) in [6, 6.07) is 1.74. The Bertz CT molecular complexity index is 525. The average Bonchev–Trinajstić information content (AvgIpc) is 3.09. The smallest absolute Gasteiger partial charge is 0.314 e. The van der Waals surface area contributed by atoms with Crippen LogP contribution in [0.2, 0.25) is 5.15 Å². The molecule has 0 aliphatic heterocycles. The second-order valence-corrected chi connectivity index (χ2v) is 8.48. The number of nitrogens with zero attached hydrogens (tertiary/aromatic N) is 2. The molecule has 1 heterocycles. The zero-order valence-corrected chi connectivity index (χ0v) is 14.3. The van der Waals surface area contributed by atoms with Gasteiger partial charge in [0, 0.05) is 18.0 Å². The first kappa shape index (κ1) is 16.1. The van der Waals surface area contributed by atoms with Gasteiger partial charge in [-0.3, -0.25) is 0 Å². The number of aromatic nitrogens is 2. The third-order valence-corrected chi connectivity index (χ3v) is 5.47. The summed E-state index contributed by atoms with van der Waals surface area (Å²) in [5.41, 5.74) is 0. The Morgan fingerprint density at radius 2 is 2.20 bits per heavy atom. The van der Waals surface area contributed by atoms with Crippen LogP contribution in [0.4, 0.5) is 0 Å². The monoisotopic (exact) mass is 335 g/mol. The third kappa shape index (κ3) is 4.64. The van der Waals surface area contributed by atoms with Crippen LogP contribution in [-0.4, -0.2) is 22.6 Å². The molecule has 1 aliphatic rings. The molecular formula is C12H19ClN3O2PS. The molecule has 1 fully saturated rings. The summed E-state index contributed by atoms with van der Waals surface area (Å²) in [6.07, 6.45) is 2.20. The molecule has 1 atom stereocenters. The zero-order valence-electron chi connectivity index (χ0n) is 11.8. The second-order valence-electron chi connectivity index (χ2n) is 4.95. The number of rotatable bonds is 7. The molecule has 5 nitrogen and oxygen atoms in total. The molecule has 1 aromatic rings. The van der Waals surface area contributed by atoms with Crippen LogP contribution in [0.15, 0.2) is 6.07 Å².